The summed E-state index contributed by atoms with van der Waals surface area (Å²) < 4.78 is 0. The van der Waals surface area contributed by atoms with Crippen molar-refractivity contribution in [2.75, 3.05) is 5.88 Å². The fourth-order valence-corrected chi connectivity index (χ4v) is 3.49. The lowest BCUT2D eigenvalue weighted by molar-refractivity contribution is 0.392. The Kier molecular flexibility index (Phi) is 6.04. The molecule has 2 aromatic rings. The van der Waals surface area contributed by atoms with Crippen LogP contribution < -0.4 is 0 Å². The van der Waals surface area contributed by atoms with Gasteiger partial charge in [-0.3, -0.25) is 0 Å². The Labute approximate surface area is 138 Å². The fourth-order valence-electron chi connectivity index (χ4n) is 3.35. The molecular weight excluding hydrogens is 290 g/mol. The Morgan fingerprint density at radius 2 is 1.64 bits per heavy atom. The van der Waals surface area contributed by atoms with Crippen LogP contribution in [0.5, 0.6) is 0 Å². The van der Waals surface area contributed by atoms with E-state index >= 15 is 0 Å². The second-order valence-electron chi connectivity index (χ2n) is 5.61. The molecule has 0 heterocycles. The molecule has 0 fully saturated rings. The summed E-state index contributed by atoms with van der Waals surface area (Å²) in [6.07, 6.45) is 2.55. The summed E-state index contributed by atoms with van der Waals surface area (Å²) in [6, 6.07) is 23.2. The minimum absolute atomic E-state index is 0.171. The molecule has 2 heteroatoms. The molecule has 0 saturated carbocycles. The minimum Gasteiger partial charge on any atom is -0.197 e. The van der Waals surface area contributed by atoms with Gasteiger partial charge in [-0.25, -0.2) is 0 Å². The van der Waals surface area contributed by atoms with Crippen LogP contribution >= 0.6 is 11.6 Å². The van der Waals surface area contributed by atoms with Gasteiger partial charge in [0, 0.05) is 11.8 Å². The summed E-state index contributed by atoms with van der Waals surface area (Å²) in [4.78, 5) is 0. The summed E-state index contributed by atoms with van der Waals surface area (Å²) in [5.74, 6) is 0.755. The van der Waals surface area contributed by atoms with E-state index in [4.69, 9.17) is 11.6 Å². The quantitative estimate of drug-likeness (QED) is 0.605. The molecule has 114 valence electrons. The third kappa shape index (κ3) is 3.34. The van der Waals surface area contributed by atoms with Crippen molar-refractivity contribution in [3.05, 3.63) is 71.8 Å². The van der Waals surface area contributed by atoms with Crippen LogP contribution in [0.4, 0.5) is 0 Å². The van der Waals surface area contributed by atoms with Crippen LogP contribution in [0.25, 0.3) is 0 Å². The first-order valence-corrected chi connectivity index (χ1v) is 8.39. The van der Waals surface area contributed by atoms with E-state index < -0.39 is 5.41 Å². The van der Waals surface area contributed by atoms with Crippen molar-refractivity contribution in [2.45, 2.75) is 37.5 Å². The fraction of sp³-hybridized carbons (Fsp3) is 0.350. The van der Waals surface area contributed by atoms with Crippen LogP contribution in [-0.2, 0) is 5.41 Å². The molecule has 2 rings (SSSR count). The Morgan fingerprint density at radius 3 is 2.14 bits per heavy atom. The van der Waals surface area contributed by atoms with Crippen LogP contribution in [-0.4, -0.2) is 5.88 Å². The van der Waals surface area contributed by atoms with Crippen molar-refractivity contribution in [1.29, 1.82) is 5.26 Å². The van der Waals surface area contributed by atoms with Crippen LogP contribution in [0.1, 0.15) is 43.2 Å². The lowest BCUT2D eigenvalue weighted by Gasteiger charge is -2.35. The number of benzene rings is 2. The number of hydrogen-bond acceptors (Lipinski definition) is 1. The van der Waals surface area contributed by atoms with Gasteiger partial charge in [-0.1, -0.05) is 67.6 Å². The normalized spacial score (nSPS) is 14.8. The van der Waals surface area contributed by atoms with E-state index in [1.54, 1.807) is 0 Å². The highest BCUT2D eigenvalue weighted by atomic mass is 35.5. The number of hydrogen-bond donors (Lipinski definition) is 0. The Bertz CT molecular complexity index is 603. The zero-order valence-corrected chi connectivity index (χ0v) is 13.8. The Balaban J connectivity index is 2.53. The van der Waals surface area contributed by atoms with Crippen molar-refractivity contribution < 1.29 is 0 Å². The van der Waals surface area contributed by atoms with Gasteiger partial charge in [-0.2, -0.15) is 5.26 Å². The third-order valence-corrected chi connectivity index (χ3v) is 4.67. The highest BCUT2D eigenvalue weighted by Gasteiger charge is 2.40. The molecule has 0 aliphatic rings. The molecule has 0 aliphatic carbocycles. The molecule has 0 radical (unpaired) electrons. The van der Waals surface area contributed by atoms with E-state index in [0.717, 1.165) is 24.8 Å². The maximum Gasteiger partial charge on any atom is 0.0890 e. The zero-order valence-electron chi connectivity index (χ0n) is 13.0. The first-order valence-electron chi connectivity index (χ1n) is 7.86. The molecule has 2 aromatic carbocycles. The molecule has 0 spiro atoms. The van der Waals surface area contributed by atoms with Crippen LogP contribution in [0.15, 0.2) is 60.7 Å². The number of halogens is 1. The molecule has 0 saturated heterocycles. The summed E-state index contributed by atoms with van der Waals surface area (Å²) in [5, 5.41) is 10.1. The van der Waals surface area contributed by atoms with Crippen molar-refractivity contribution in [1.82, 2.24) is 0 Å². The van der Waals surface area contributed by atoms with Crippen LogP contribution in [0.3, 0.4) is 0 Å². The number of alkyl halides is 1. The maximum absolute atomic E-state index is 10.1. The van der Waals surface area contributed by atoms with Gasteiger partial charge >= 0.3 is 0 Å². The average molecular weight is 312 g/mol. The summed E-state index contributed by atoms with van der Waals surface area (Å²) in [7, 11) is 0. The van der Waals surface area contributed by atoms with Gasteiger partial charge in [-0.15, -0.1) is 11.6 Å². The lowest BCUT2D eigenvalue weighted by atomic mass is 9.65. The van der Waals surface area contributed by atoms with Gasteiger partial charge < -0.3 is 0 Å². The predicted molar refractivity (Wildman–Crippen MR) is 93.2 cm³/mol. The summed E-state index contributed by atoms with van der Waals surface area (Å²) in [6.45, 7) is 2.16. The summed E-state index contributed by atoms with van der Waals surface area (Å²) >= 11 is 5.94. The van der Waals surface area contributed by atoms with Crippen molar-refractivity contribution >= 4 is 11.6 Å². The lowest BCUT2D eigenvalue weighted by Crippen LogP contribution is -2.32. The molecule has 0 amide bonds. The molecule has 22 heavy (non-hydrogen) atoms. The maximum atomic E-state index is 10.1. The molecule has 0 bridgehead atoms. The number of rotatable bonds is 7. The van der Waals surface area contributed by atoms with Gasteiger partial charge in [0.05, 0.1) is 11.5 Å². The van der Waals surface area contributed by atoms with Gasteiger partial charge in [0.15, 0.2) is 0 Å². The first kappa shape index (κ1) is 16.6. The zero-order chi connectivity index (χ0) is 15.8. The Hall–Kier alpha value is -1.78. The standard InChI is InChI=1S/C20H22ClN/c1-2-19(17-10-5-3-6-11-17)20(16-22,14-9-15-21)18-12-7-4-8-13-18/h3-8,10-13,19H,2,9,14-15H2,1H3/t19-,20+/m1/s1. The van der Waals surface area contributed by atoms with Crippen LogP contribution in [0, 0.1) is 11.3 Å². The highest BCUT2D eigenvalue weighted by Crippen LogP contribution is 2.44. The topological polar surface area (TPSA) is 23.8 Å². The molecule has 0 N–H and O–H groups in total. The van der Waals surface area contributed by atoms with Gasteiger partial charge in [0.25, 0.3) is 0 Å². The largest absolute Gasteiger partial charge is 0.197 e. The number of nitrogens with zero attached hydrogens (tertiary/aromatic N) is 1. The van der Waals surface area contributed by atoms with E-state index in [1.165, 1.54) is 5.56 Å². The smallest absolute Gasteiger partial charge is 0.0890 e. The second kappa shape index (κ2) is 8.01. The van der Waals surface area contributed by atoms with E-state index in [9.17, 15) is 5.26 Å². The van der Waals surface area contributed by atoms with Crippen LogP contribution in [0.2, 0.25) is 0 Å². The molecule has 0 unspecified atom stereocenters. The van der Waals surface area contributed by atoms with E-state index in [-0.39, 0.29) is 5.92 Å². The summed E-state index contributed by atoms with van der Waals surface area (Å²) in [5.41, 5.74) is 1.80. The van der Waals surface area contributed by atoms with E-state index in [1.807, 2.05) is 36.4 Å². The van der Waals surface area contributed by atoms with E-state index in [0.29, 0.717) is 5.88 Å². The van der Waals surface area contributed by atoms with Gasteiger partial charge in [0.2, 0.25) is 0 Å². The third-order valence-electron chi connectivity index (χ3n) is 4.40. The average Bonchev–Trinajstić information content (AvgIpc) is 2.60. The van der Waals surface area contributed by atoms with E-state index in [2.05, 4.69) is 37.3 Å². The number of nitriles is 1. The van der Waals surface area contributed by atoms with Gasteiger partial charge in [-0.05, 0) is 30.4 Å². The SMILES string of the molecule is CC[C@H](c1ccccc1)[C@](C#N)(CCCCl)c1ccccc1. The Morgan fingerprint density at radius 1 is 1.05 bits per heavy atom. The van der Waals surface area contributed by atoms with Crippen molar-refractivity contribution in [3.8, 4) is 6.07 Å². The predicted octanol–water partition coefficient (Wildman–Crippen LogP) is 5.66. The molecule has 2 atom stereocenters. The van der Waals surface area contributed by atoms with Crippen molar-refractivity contribution in [2.24, 2.45) is 0 Å². The van der Waals surface area contributed by atoms with Crippen molar-refractivity contribution in [3.63, 3.8) is 0 Å². The molecule has 0 aliphatic heterocycles. The highest BCUT2D eigenvalue weighted by molar-refractivity contribution is 6.17. The second-order valence-corrected chi connectivity index (χ2v) is 5.99. The van der Waals surface area contributed by atoms with Gasteiger partial charge in [0.1, 0.15) is 0 Å². The molecular formula is C20H22ClN. The first-order chi connectivity index (χ1) is 10.8. The minimum atomic E-state index is -0.522. The molecule has 1 nitrogen and oxygen atoms in total. The molecule has 0 aromatic heterocycles. The monoisotopic (exact) mass is 311 g/mol.